The minimum absolute atomic E-state index is 0. The van der Waals surface area contributed by atoms with Crippen LogP contribution in [-0.4, -0.2) is 12.2 Å². The first-order chi connectivity index (χ1) is 10.6. The molecule has 23 heavy (non-hydrogen) atoms. The Morgan fingerprint density at radius 2 is 1.74 bits per heavy atom. The van der Waals surface area contributed by atoms with Crippen LogP contribution in [0.25, 0.3) is 5.57 Å². The molecule has 0 spiro atoms. The quantitative estimate of drug-likeness (QED) is 0.334. The maximum atomic E-state index is 12.6. The van der Waals surface area contributed by atoms with Crippen LogP contribution in [0.4, 0.5) is 11.4 Å². The molecule has 1 amide bonds. The summed E-state index contributed by atoms with van der Waals surface area (Å²) in [5.74, 6) is -0.525. The number of aldehydes is 1. The van der Waals surface area contributed by atoms with Crippen LogP contribution < -0.4 is 39.6 Å². The van der Waals surface area contributed by atoms with Gasteiger partial charge in [0.2, 0.25) is 0 Å². The van der Waals surface area contributed by atoms with E-state index in [-0.39, 0.29) is 50.9 Å². The Morgan fingerprint density at radius 3 is 2.30 bits per heavy atom. The molecule has 110 valence electrons. The Labute approximate surface area is 164 Å². The second kappa shape index (κ2) is 7.07. The van der Waals surface area contributed by atoms with Gasteiger partial charge in [0.25, 0.3) is 5.91 Å². The monoisotopic (exact) mass is 355 g/mol. The molecule has 1 aliphatic heterocycles. The molecule has 0 aromatic heterocycles. The van der Waals surface area contributed by atoms with E-state index < -0.39 is 5.91 Å². The Balaban J connectivity index is 0.00000192. The molecule has 1 aliphatic rings. The van der Waals surface area contributed by atoms with Gasteiger partial charge in [-0.1, -0.05) is 41.4 Å². The molecule has 2 aromatic carbocycles. The molecule has 0 unspecified atom stereocenters. The van der Waals surface area contributed by atoms with Crippen molar-refractivity contribution in [1.29, 1.82) is 0 Å². The van der Waals surface area contributed by atoms with Gasteiger partial charge in [-0.2, -0.15) is 0 Å². The number of amides is 1. The van der Waals surface area contributed by atoms with E-state index in [1.165, 1.54) is 11.0 Å². The Morgan fingerprint density at radius 1 is 1.09 bits per heavy atom. The van der Waals surface area contributed by atoms with E-state index in [9.17, 15) is 14.7 Å². The van der Waals surface area contributed by atoms with Gasteiger partial charge in [-0.25, -0.2) is 0 Å². The number of hydrogen-bond acceptors (Lipinski definition) is 3. The van der Waals surface area contributed by atoms with Gasteiger partial charge in [-0.3, -0.25) is 14.5 Å². The number of anilines is 2. The summed E-state index contributed by atoms with van der Waals surface area (Å²) in [6, 6.07) is 9.47. The van der Waals surface area contributed by atoms with Gasteiger partial charge in [0.05, 0.1) is 21.4 Å². The Bertz CT molecular complexity index is 816. The SMILES string of the molecule is O=Cc1ccc2c(c1)N(c1c(Cl)cccc1Cl)C(=O)/C2=C\[O-].[Na+]. The van der Waals surface area contributed by atoms with E-state index in [4.69, 9.17) is 23.2 Å². The Kier molecular flexibility index (Phi) is 5.55. The predicted molar refractivity (Wildman–Crippen MR) is 83.4 cm³/mol. The van der Waals surface area contributed by atoms with Gasteiger partial charge in [0, 0.05) is 16.7 Å². The first-order valence-electron chi connectivity index (χ1n) is 6.28. The average Bonchev–Trinajstić information content (AvgIpc) is 2.78. The molecule has 1 heterocycles. The summed E-state index contributed by atoms with van der Waals surface area (Å²) < 4.78 is 0. The summed E-state index contributed by atoms with van der Waals surface area (Å²) in [4.78, 5) is 24.8. The van der Waals surface area contributed by atoms with Crippen LogP contribution >= 0.6 is 23.2 Å². The zero-order chi connectivity index (χ0) is 15.9. The van der Waals surface area contributed by atoms with Crippen molar-refractivity contribution in [3.63, 3.8) is 0 Å². The fourth-order valence-electron chi connectivity index (χ4n) is 2.42. The maximum absolute atomic E-state index is 12.6. The van der Waals surface area contributed by atoms with Gasteiger partial charge >= 0.3 is 29.6 Å². The number of halogens is 2. The van der Waals surface area contributed by atoms with Crippen molar-refractivity contribution < 1.29 is 44.3 Å². The van der Waals surface area contributed by atoms with Gasteiger partial charge < -0.3 is 5.11 Å². The number of rotatable bonds is 2. The second-order valence-electron chi connectivity index (χ2n) is 4.64. The van der Waals surface area contributed by atoms with Crippen LogP contribution in [0.2, 0.25) is 10.0 Å². The van der Waals surface area contributed by atoms with E-state index >= 15 is 0 Å². The van der Waals surface area contributed by atoms with Crippen molar-refractivity contribution in [2.45, 2.75) is 0 Å². The second-order valence-corrected chi connectivity index (χ2v) is 5.45. The average molecular weight is 356 g/mol. The van der Waals surface area contributed by atoms with E-state index in [1.54, 1.807) is 30.3 Å². The molecule has 0 radical (unpaired) electrons. The van der Waals surface area contributed by atoms with Crippen LogP contribution in [0.5, 0.6) is 0 Å². The standard InChI is InChI=1S/C16H9Cl2NO3.Na/c17-12-2-1-3-13(18)15(12)19-14-6-9(7-20)4-5-10(14)11(8-21)16(19)22;/h1-8,21H;/q;+1/p-1/b11-8-;. The summed E-state index contributed by atoms with van der Waals surface area (Å²) >= 11 is 12.3. The molecule has 0 atom stereocenters. The topological polar surface area (TPSA) is 60.4 Å². The molecule has 4 nitrogen and oxygen atoms in total. The third-order valence-electron chi connectivity index (χ3n) is 3.40. The summed E-state index contributed by atoms with van der Waals surface area (Å²) in [5.41, 5.74) is 1.53. The number of carbonyl (C=O) groups is 2. The van der Waals surface area contributed by atoms with Gasteiger partial charge in [-0.15, -0.1) is 6.26 Å². The van der Waals surface area contributed by atoms with E-state index in [0.29, 0.717) is 29.4 Å². The fourth-order valence-corrected chi connectivity index (χ4v) is 2.98. The summed E-state index contributed by atoms with van der Waals surface area (Å²) in [7, 11) is 0. The number of benzene rings is 2. The molecule has 7 heteroatoms. The van der Waals surface area contributed by atoms with Crippen molar-refractivity contribution in [1.82, 2.24) is 0 Å². The maximum Gasteiger partial charge on any atom is 1.00 e. The Hall–Kier alpha value is -1.30. The van der Waals surface area contributed by atoms with E-state index in [1.807, 2.05) is 0 Å². The zero-order valence-electron chi connectivity index (χ0n) is 12.0. The van der Waals surface area contributed by atoms with Crippen molar-refractivity contribution in [2.24, 2.45) is 0 Å². The molecule has 0 saturated carbocycles. The summed E-state index contributed by atoms with van der Waals surface area (Å²) in [5, 5.41) is 11.8. The minimum atomic E-state index is -0.525. The van der Waals surface area contributed by atoms with Crippen molar-refractivity contribution in [2.75, 3.05) is 4.90 Å². The fraction of sp³-hybridized carbons (Fsp3) is 0. The molecule has 2 aromatic rings. The molecule has 3 rings (SSSR count). The molecular formula is C16H8Cl2NNaO3. The van der Waals surface area contributed by atoms with Crippen LogP contribution in [0.15, 0.2) is 42.7 Å². The van der Waals surface area contributed by atoms with E-state index in [0.717, 1.165) is 0 Å². The number of hydrogen-bond donors (Lipinski definition) is 0. The van der Waals surface area contributed by atoms with Crippen molar-refractivity contribution in [3.8, 4) is 0 Å². The number of fused-ring (bicyclic) bond motifs is 1. The minimum Gasteiger partial charge on any atom is -0.877 e. The van der Waals surface area contributed by atoms with Crippen molar-refractivity contribution in [3.05, 3.63) is 63.8 Å². The zero-order valence-corrected chi connectivity index (χ0v) is 15.6. The normalized spacial score (nSPS) is 14.6. The van der Waals surface area contributed by atoms with Gasteiger partial charge in [-0.05, 0) is 18.2 Å². The molecule has 0 aliphatic carbocycles. The van der Waals surface area contributed by atoms with Gasteiger partial charge in [0.1, 0.15) is 6.29 Å². The summed E-state index contributed by atoms with van der Waals surface area (Å²) in [6.45, 7) is 0. The van der Waals surface area contributed by atoms with Crippen LogP contribution in [0.1, 0.15) is 15.9 Å². The molecule has 0 bridgehead atoms. The molecule has 0 saturated heterocycles. The first-order valence-corrected chi connectivity index (χ1v) is 7.04. The number of para-hydroxylation sites is 1. The first kappa shape index (κ1) is 18.0. The predicted octanol–water partition coefficient (Wildman–Crippen LogP) is 0.189. The molecule has 0 N–H and O–H groups in total. The smallest absolute Gasteiger partial charge is 0.877 e. The number of carbonyl (C=O) groups excluding carboxylic acids is 2. The van der Waals surface area contributed by atoms with Crippen molar-refractivity contribution >= 4 is 52.3 Å². The van der Waals surface area contributed by atoms with Crippen LogP contribution in [-0.2, 0) is 4.79 Å². The van der Waals surface area contributed by atoms with Gasteiger partial charge in [0.15, 0.2) is 0 Å². The third-order valence-corrected chi connectivity index (χ3v) is 4.01. The molecular weight excluding hydrogens is 348 g/mol. The number of nitrogens with zero attached hydrogens (tertiary/aromatic N) is 1. The summed E-state index contributed by atoms with van der Waals surface area (Å²) in [6.07, 6.45) is 1.16. The van der Waals surface area contributed by atoms with Crippen LogP contribution in [0.3, 0.4) is 0 Å². The van der Waals surface area contributed by atoms with Crippen LogP contribution in [0, 0.1) is 0 Å². The largest absolute Gasteiger partial charge is 1.00 e. The molecule has 0 fully saturated rings. The third kappa shape index (κ3) is 2.93. The van der Waals surface area contributed by atoms with E-state index in [2.05, 4.69) is 0 Å².